The van der Waals surface area contributed by atoms with E-state index in [9.17, 15) is 0 Å². The van der Waals surface area contributed by atoms with Crippen molar-refractivity contribution in [3.63, 3.8) is 0 Å². The molecule has 0 bridgehead atoms. The number of guanidine groups is 1. The van der Waals surface area contributed by atoms with Gasteiger partial charge in [0.05, 0.1) is 0 Å². The average Bonchev–Trinajstić information content (AvgIpc) is 2.98. The highest BCUT2D eigenvalue weighted by Crippen LogP contribution is 2.15. The Labute approximate surface area is 149 Å². The van der Waals surface area contributed by atoms with Crippen molar-refractivity contribution in [3.8, 4) is 0 Å². The van der Waals surface area contributed by atoms with Gasteiger partial charge in [0.1, 0.15) is 0 Å². The van der Waals surface area contributed by atoms with E-state index in [-0.39, 0.29) is 24.0 Å². The predicted molar refractivity (Wildman–Crippen MR) is 103 cm³/mol. The molecule has 1 aliphatic heterocycles. The number of nitrogens with zero attached hydrogens (tertiary/aromatic N) is 2. The summed E-state index contributed by atoms with van der Waals surface area (Å²) in [6.07, 6.45) is 2.68. The fourth-order valence-electron chi connectivity index (χ4n) is 2.42. The van der Waals surface area contributed by atoms with Gasteiger partial charge in [-0.1, -0.05) is 6.92 Å². The zero-order chi connectivity index (χ0) is 14.2. The summed E-state index contributed by atoms with van der Waals surface area (Å²) >= 11 is 1.73. The molecule has 6 heteroatoms. The first-order valence-electron chi connectivity index (χ1n) is 7.46. The highest BCUT2D eigenvalue weighted by molar-refractivity contribution is 14.0. The van der Waals surface area contributed by atoms with E-state index in [0.29, 0.717) is 0 Å². The summed E-state index contributed by atoms with van der Waals surface area (Å²) < 4.78 is 0. The lowest BCUT2D eigenvalue weighted by molar-refractivity contribution is 0.195. The van der Waals surface area contributed by atoms with Gasteiger partial charge in [0, 0.05) is 26.7 Å². The van der Waals surface area contributed by atoms with E-state index in [1.807, 2.05) is 7.05 Å². The smallest absolute Gasteiger partial charge is 0.191 e. The quantitative estimate of drug-likeness (QED) is 0.436. The van der Waals surface area contributed by atoms with Crippen LogP contribution in [0.5, 0.6) is 0 Å². The summed E-state index contributed by atoms with van der Waals surface area (Å²) in [5.41, 5.74) is 1.31. The summed E-state index contributed by atoms with van der Waals surface area (Å²) in [6.45, 7) is 7.73. The van der Waals surface area contributed by atoms with Gasteiger partial charge in [0.25, 0.3) is 0 Å². The molecule has 21 heavy (non-hydrogen) atoms. The van der Waals surface area contributed by atoms with Gasteiger partial charge < -0.3 is 15.5 Å². The minimum absolute atomic E-state index is 0. The fraction of sp³-hybridized carbons (Fsp3) is 0.667. The number of hydrogen-bond donors (Lipinski definition) is 2. The van der Waals surface area contributed by atoms with Gasteiger partial charge in [-0.2, -0.15) is 11.3 Å². The van der Waals surface area contributed by atoms with Crippen molar-refractivity contribution in [2.75, 3.05) is 33.2 Å². The molecule has 1 aromatic rings. The second-order valence-corrected chi connectivity index (χ2v) is 6.29. The molecule has 0 amide bonds. The maximum atomic E-state index is 4.26. The molecule has 0 radical (unpaired) electrons. The Hall–Kier alpha value is -0.340. The van der Waals surface area contributed by atoms with Gasteiger partial charge in [0.2, 0.25) is 0 Å². The maximum absolute atomic E-state index is 4.26. The van der Waals surface area contributed by atoms with E-state index < -0.39 is 0 Å². The predicted octanol–water partition coefficient (Wildman–Crippen LogP) is 2.76. The Morgan fingerprint density at radius 2 is 2.14 bits per heavy atom. The van der Waals surface area contributed by atoms with Crippen LogP contribution in [0.15, 0.2) is 21.8 Å². The first-order valence-corrected chi connectivity index (χ1v) is 8.40. The van der Waals surface area contributed by atoms with E-state index in [1.54, 1.807) is 11.3 Å². The second-order valence-electron chi connectivity index (χ2n) is 5.51. The van der Waals surface area contributed by atoms with E-state index in [1.165, 1.54) is 31.5 Å². The number of likely N-dealkylation sites (tertiary alicyclic amines) is 1. The monoisotopic (exact) mass is 422 g/mol. The molecular weight excluding hydrogens is 395 g/mol. The lowest BCUT2D eigenvalue weighted by Crippen LogP contribution is -2.43. The van der Waals surface area contributed by atoms with Crippen LogP contribution in [0.25, 0.3) is 0 Å². The molecule has 4 nitrogen and oxygen atoms in total. The molecule has 1 aromatic heterocycles. The molecule has 0 unspecified atom stereocenters. The maximum Gasteiger partial charge on any atom is 0.191 e. The van der Waals surface area contributed by atoms with Crippen LogP contribution in [0.3, 0.4) is 0 Å². The van der Waals surface area contributed by atoms with Crippen LogP contribution in [0.1, 0.15) is 25.3 Å². The molecule has 1 fully saturated rings. The molecule has 0 saturated carbocycles. The van der Waals surface area contributed by atoms with Gasteiger partial charge in [-0.05, 0) is 54.2 Å². The Balaban J connectivity index is 0.00000220. The van der Waals surface area contributed by atoms with Crippen molar-refractivity contribution < 1.29 is 0 Å². The van der Waals surface area contributed by atoms with Crippen LogP contribution in [-0.4, -0.2) is 44.1 Å². The van der Waals surface area contributed by atoms with Gasteiger partial charge >= 0.3 is 0 Å². The van der Waals surface area contributed by atoms with E-state index in [0.717, 1.165) is 31.5 Å². The fourth-order valence-corrected chi connectivity index (χ4v) is 3.09. The van der Waals surface area contributed by atoms with E-state index in [2.05, 4.69) is 44.3 Å². The van der Waals surface area contributed by atoms with Crippen molar-refractivity contribution in [3.05, 3.63) is 22.4 Å². The SMILES string of the molecule is CN=C(NCCN1CCC(C)CC1)NCc1ccsc1.I. The Kier molecular flexibility index (Phi) is 9.26. The molecule has 0 atom stereocenters. The Morgan fingerprint density at radius 1 is 1.38 bits per heavy atom. The third-order valence-corrected chi connectivity index (χ3v) is 4.59. The van der Waals surface area contributed by atoms with Gasteiger partial charge in [-0.15, -0.1) is 24.0 Å². The third kappa shape index (κ3) is 6.97. The molecule has 1 saturated heterocycles. The number of aliphatic imine (C=N–C) groups is 1. The topological polar surface area (TPSA) is 39.7 Å². The molecule has 2 rings (SSSR count). The molecule has 0 spiro atoms. The van der Waals surface area contributed by atoms with Crippen LogP contribution >= 0.6 is 35.3 Å². The van der Waals surface area contributed by atoms with E-state index in [4.69, 9.17) is 0 Å². The van der Waals surface area contributed by atoms with Gasteiger partial charge in [-0.25, -0.2) is 0 Å². The zero-order valence-corrected chi connectivity index (χ0v) is 16.1. The minimum Gasteiger partial charge on any atom is -0.355 e. The van der Waals surface area contributed by atoms with Crippen LogP contribution < -0.4 is 10.6 Å². The lowest BCUT2D eigenvalue weighted by atomic mass is 9.99. The zero-order valence-electron chi connectivity index (χ0n) is 13.0. The van der Waals surface area contributed by atoms with Crippen molar-refractivity contribution in [1.82, 2.24) is 15.5 Å². The summed E-state index contributed by atoms with van der Waals surface area (Å²) in [5.74, 6) is 1.79. The number of thiophene rings is 1. The molecule has 2 N–H and O–H groups in total. The second kappa shape index (κ2) is 10.4. The van der Waals surface area contributed by atoms with Crippen molar-refractivity contribution >= 4 is 41.3 Å². The van der Waals surface area contributed by atoms with Gasteiger partial charge in [0.15, 0.2) is 5.96 Å². The van der Waals surface area contributed by atoms with Crippen molar-refractivity contribution in [2.45, 2.75) is 26.3 Å². The third-order valence-electron chi connectivity index (χ3n) is 3.86. The first kappa shape index (κ1) is 18.7. The average molecular weight is 422 g/mol. The molecule has 120 valence electrons. The summed E-state index contributed by atoms with van der Waals surface area (Å²) in [4.78, 5) is 6.80. The number of halogens is 1. The summed E-state index contributed by atoms with van der Waals surface area (Å²) in [5, 5.41) is 11.0. The van der Waals surface area contributed by atoms with Crippen molar-refractivity contribution in [1.29, 1.82) is 0 Å². The normalized spacial score (nSPS) is 17.3. The Morgan fingerprint density at radius 3 is 2.76 bits per heavy atom. The molecule has 0 aromatic carbocycles. The van der Waals surface area contributed by atoms with E-state index >= 15 is 0 Å². The molecule has 0 aliphatic carbocycles. The molecule has 1 aliphatic rings. The molecular formula is C15H27IN4S. The highest BCUT2D eigenvalue weighted by Gasteiger charge is 2.14. The van der Waals surface area contributed by atoms with Crippen LogP contribution in [0.4, 0.5) is 0 Å². The standard InChI is InChI=1S/C15H26N4S.HI/c1-13-3-7-19(8-4-13)9-6-17-15(16-2)18-11-14-5-10-20-12-14;/h5,10,12-13H,3-4,6-9,11H2,1-2H3,(H2,16,17,18);1H. The Bertz CT molecular complexity index is 400. The number of rotatable bonds is 5. The molecule has 2 heterocycles. The van der Waals surface area contributed by atoms with Crippen molar-refractivity contribution in [2.24, 2.45) is 10.9 Å². The van der Waals surface area contributed by atoms with Crippen LogP contribution in [0.2, 0.25) is 0 Å². The van der Waals surface area contributed by atoms with Crippen LogP contribution in [0, 0.1) is 5.92 Å². The number of hydrogen-bond acceptors (Lipinski definition) is 3. The van der Waals surface area contributed by atoms with Gasteiger partial charge in [-0.3, -0.25) is 4.99 Å². The van der Waals surface area contributed by atoms with Crippen LogP contribution in [-0.2, 0) is 6.54 Å². The highest BCUT2D eigenvalue weighted by atomic mass is 127. The summed E-state index contributed by atoms with van der Waals surface area (Å²) in [7, 11) is 1.82. The first-order chi connectivity index (χ1) is 9.78. The minimum atomic E-state index is 0. The number of nitrogens with one attached hydrogen (secondary N) is 2. The summed E-state index contributed by atoms with van der Waals surface area (Å²) in [6, 6.07) is 2.14. The number of piperidine rings is 1. The lowest BCUT2D eigenvalue weighted by Gasteiger charge is -2.30. The largest absolute Gasteiger partial charge is 0.355 e.